The van der Waals surface area contributed by atoms with Crippen LogP contribution in [0.2, 0.25) is 0 Å². The van der Waals surface area contributed by atoms with Gasteiger partial charge in [-0.1, -0.05) is 41.6 Å². The molecule has 3 unspecified atom stereocenters. The normalized spacial score (nSPS) is 20.6. The molecule has 5 rings (SSSR count). The monoisotopic (exact) mass is 546 g/mol. The van der Waals surface area contributed by atoms with E-state index in [2.05, 4.69) is 20.5 Å². The average Bonchev–Trinajstić information content (AvgIpc) is 3.59. The Morgan fingerprint density at radius 3 is 2.52 bits per heavy atom. The van der Waals surface area contributed by atoms with E-state index in [9.17, 15) is 14.4 Å². The third kappa shape index (κ3) is 6.15. The summed E-state index contributed by atoms with van der Waals surface area (Å²) >= 11 is 0. The number of aryl methyl sites for hydroxylation is 2. The van der Waals surface area contributed by atoms with Crippen molar-refractivity contribution in [3.63, 3.8) is 0 Å². The van der Waals surface area contributed by atoms with Gasteiger partial charge in [-0.25, -0.2) is 4.68 Å². The molecule has 1 aromatic heterocycles. The first-order chi connectivity index (χ1) is 19.3. The molecule has 0 bridgehead atoms. The van der Waals surface area contributed by atoms with Gasteiger partial charge in [0.2, 0.25) is 17.7 Å². The fraction of sp³-hybridized carbons (Fsp3) is 0.483. The standard InChI is InChI=1S/C29H38N8O3/c1-20(38)35-12-14-36(15-13-35)23-17-27(28(39)31-18-22-9-11-26-25(16-22)32-33-34(26)2)37(19-23)29(40)24(30)10-8-21-6-4-3-5-7-21/h3-7,9,11,16,23-24,27H,8,10,12-15,17-19,30H2,1-2H3,(H,31,39). The quantitative estimate of drug-likeness (QED) is 0.425. The highest BCUT2D eigenvalue weighted by molar-refractivity contribution is 5.90. The summed E-state index contributed by atoms with van der Waals surface area (Å²) in [6.07, 6.45) is 1.74. The van der Waals surface area contributed by atoms with Crippen molar-refractivity contribution < 1.29 is 14.4 Å². The van der Waals surface area contributed by atoms with Gasteiger partial charge in [-0.15, -0.1) is 5.10 Å². The Morgan fingerprint density at radius 1 is 1.05 bits per heavy atom. The van der Waals surface area contributed by atoms with Gasteiger partial charge in [0.25, 0.3) is 0 Å². The molecule has 3 amide bonds. The van der Waals surface area contributed by atoms with Gasteiger partial charge >= 0.3 is 0 Å². The summed E-state index contributed by atoms with van der Waals surface area (Å²) in [6, 6.07) is 14.5. The van der Waals surface area contributed by atoms with Crippen LogP contribution in [-0.4, -0.2) is 98.3 Å². The lowest BCUT2D eigenvalue weighted by molar-refractivity contribution is -0.139. The molecule has 2 aliphatic rings. The number of carbonyl (C=O) groups is 3. The second-order valence-electron chi connectivity index (χ2n) is 10.8. The molecule has 0 saturated carbocycles. The number of nitrogens with one attached hydrogen (secondary N) is 1. The third-order valence-electron chi connectivity index (χ3n) is 8.19. The van der Waals surface area contributed by atoms with Crippen LogP contribution in [0.25, 0.3) is 11.0 Å². The molecule has 11 nitrogen and oxygen atoms in total. The fourth-order valence-corrected chi connectivity index (χ4v) is 5.78. The first-order valence-electron chi connectivity index (χ1n) is 14.0. The maximum atomic E-state index is 13.6. The minimum atomic E-state index is -0.692. The average molecular weight is 547 g/mol. The highest BCUT2D eigenvalue weighted by Gasteiger charge is 2.43. The van der Waals surface area contributed by atoms with E-state index < -0.39 is 12.1 Å². The molecule has 2 fully saturated rings. The van der Waals surface area contributed by atoms with Crippen LogP contribution >= 0.6 is 0 Å². The van der Waals surface area contributed by atoms with Crippen molar-refractivity contribution in [2.24, 2.45) is 12.8 Å². The van der Waals surface area contributed by atoms with Crippen LogP contribution in [0.15, 0.2) is 48.5 Å². The third-order valence-corrected chi connectivity index (χ3v) is 8.19. The highest BCUT2D eigenvalue weighted by Crippen LogP contribution is 2.25. The van der Waals surface area contributed by atoms with Crippen LogP contribution in [0.4, 0.5) is 0 Å². The Hall–Kier alpha value is -3.83. The van der Waals surface area contributed by atoms with Crippen molar-refractivity contribution in [2.45, 2.75) is 50.9 Å². The van der Waals surface area contributed by atoms with E-state index in [-0.39, 0.29) is 23.8 Å². The number of carbonyl (C=O) groups excluding carboxylic acids is 3. The molecule has 2 saturated heterocycles. The lowest BCUT2D eigenvalue weighted by Crippen LogP contribution is -2.53. The van der Waals surface area contributed by atoms with Crippen molar-refractivity contribution in [3.05, 3.63) is 59.7 Å². The molecule has 2 aromatic carbocycles. The molecule has 3 atom stereocenters. The maximum Gasteiger partial charge on any atom is 0.243 e. The Bertz CT molecular complexity index is 1350. The summed E-state index contributed by atoms with van der Waals surface area (Å²) in [5.41, 5.74) is 10.1. The molecule has 212 valence electrons. The van der Waals surface area contributed by atoms with E-state index in [1.165, 1.54) is 0 Å². The number of amides is 3. The Balaban J connectivity index is 1.26. The summed E-state index contributed by atoms with van der Waals surface area (Å²) in [4.78, 5) is 44.7. The van der Waals surface area contributed by atoms with Crippen molar-refractivity contribution in [3.8, 4) is 0 Å². The molecule has 40 heavy (non-hydrogen) atoms. The maximum absolute atomic E-state index is 13.6. The number of aromatic nitrogens is 3. The van der Waals surface area contributed by atoms with Gasteiger partial charge in [-0.05, 0) is 42.5 Å². The smallest absolute Gasteiger partial charge is 0.243 e. The number of hydrogen-bond acceptors (Lipinski definition) is 7. The van der Waals surface area contributed by atoms with E-state index in [0.717, 1.165) is 35.2 Å². The van der Waals surface area contributed by atoms with Gasteiger partial charge in [-0.2, -0.15) is 0 Å². The van der Waals surface area contributed by atoms with Crippen LogP contribution in [-0.2, 0) is 34.4 Å². The first kappa shape index (κ1) is 27.7. The number of hydrogen-bond donors (Lipinski definition) is 2. The van der Waals surface area contributed by atoms with E-state index in [0.29, 0.717) is 45.4 Å². The molecule has 3 aromatic rings. The summed E-state index contributed by atoms with van der Waals surface area (Å²) in [7, 11) is 1.84. The number of nitrogens with zero attached hydrogens (tertiary/aromatic N) is 6. The molecule has 0 spiro atoms. The lowest BCUT2D eigenvalue weighted by Gasteiger charge is -2.37. The molecular formula is C29H38N8O3. The lowest BCUT2D eigenvalue weighted by atomic mass is 10.0. The number of rotatable bonds is 8. The summed E-state index contributed by atoms with van der Waals surface area (Å²) in [5.74, 6) is -0.307. The highest BCUT2D eigenvalue weighted by atomic mass is 16.2. The van der Waals surface area contributed by atoms with Gasteiger partial charge in [0.05, 0.1) is 11.6 Å². The minimum Gasteiger partial charge on any atom is -0.350 e. The zero-order valence-corrected chi connectivity index (χ0v) is 23.2. The minimum absolute atomic E-state index is 0.0334. The van der Waals surface area contributed by atoms with Crippen molar-refractivity contribution in [1.82, 2.24) is 35.0 Å². The predicted molar refractivity (Wildman–Crippen MR) is 151 cm³/mol. The molecule has 2 aliphatic heterocycles. The van der Waals surface area contributed by atoms with Gasteiger partial charge in [0.15, 0.2) is 0 Å². The molecule has 3 N–H and O–H groups in total. The summed E-state index contributed by atoms with van der Waals surface area (Å²) < 4.78 is 1.71. The van der Waals surface area contributed by atoms with Crippen molar-refractivity contribution in [1.29, 1.82) is 0 Å². The zero-order chi connectivity index (χ0) is 28.2. The molecular weight excluding hydrogens is 508 g/mol. The van der Waals surface area contributed by atoms with Crippen molar-refractivity contribution in [2.75, 3.05) is 32.7 Å². The number of fused-ring (bicyclic) bond motifs is 1. The van der Waals surface area contributed by atoms with Crippen LogP contribution < -0.4 is 11.1 Å². The van der Waals surface area contributed by atoms with E-state index in [4.69, 9.17) is 5.73 Å². The molecule has 0 aliphatic carbocycles. The number of likely N-dealkylation sites (tertiary alicyclic amines) is 1. The fourth-order valence-electron chi connectivity index (χ4n) is 5.78. The number of benzene rings is 2. The largest absolute Gasteiger partial charge is 0.350 e. The predicted octanol–water partition coefficient (Wildman–Crippen LogP) is 0.678. The van der Waals surface area contributed by atoms with E-state index >= 15 is 0 Å². The number of nitrogens with two attached hydrogens (primary N) is 1. The van der Waals surface area contributed by atoms with E-state index in [1.54, 1.807) is 16.5 Å². The van der Waals surface area contributed by atoms with Crippen LogP contribution in [0.3, 0.4) is 0 Å². The van der Waals surface area contributed by atoms with Gasteiger partial charge in [0, 0.05) is 59.3 Å². The van der Waals surface area contributed by atoms with Crippen LogP contribution in [0, 0.1) is 0 Å². The summed E-state index contributed by atoms with van der Waals surface area (Å²) in [6.45, 7) is 5.10. The second-order valence-corrected chi connectivity index (χ2v) is 10.8. The molecule has 11 heteroatoms. The Kier molecular flexibility index (Phi) is 8.41. The number of piperazine rings is 1. The first-order valence-corrected chi connectivity index (χ1v) is 14.0. The molecule has 0 radical (unpaired) electrons. The molecule has 3 heterocycles. The van der Waals surface area contributed by atoms with Crippen LogP contribution in [0.1, 0.15) is 30.9 Å². The second kappa shape index (κ2) is 12.1. The van der Waals surface area contributed by atoms with E-state index in [1.807, 2.05) is 60.5 Å². The Morgan fingerprint density at radius 2 is 1.80 bits per heavy atom. The van der Waals surface area contributed by atoms with Gasteiger partial charge in [0.1, 0.15) is 11.6 Å². The zero-order valence-electron chi connectivity index (χ0n) is 23.2. The van der Waals surface area contributed by atoms with Gasteiger partial charge in [-0.3, -0.25) is 19.3 Å². The van der Waals surface area contributed by atoms with Crippen molar-refractivity contribution >= 4 is 28.8 Å². The summed E-state index contributed by atoms with van der Waals surface area (Å²) in [5, 5.41) is 11.2. The topological polar surface area (TPSA) is 130 Å². The SMILES string of the molecule is CC(=O)N1CCN(C2CC(C(=O)NCc3ccc4c(c3)nnn4C)N(C(=O)C(N)CCc3ccccc3)C2)CC1. The van der Waals surface area contributed by atoms with Gasteiger partial charge < -0.3 is 20.9 Å². The van der Waals surface area contributed by atoms with Crippen LogP contribution in [0.5, 0.6) is 0 Å². The Labute approximate surface area is 234 Å².